The zero-order chi connectivity index (χ0) is 21.9. The average molecular weight is 447 g/mol. The van der Waals surface area contributed by atoms with Gasteiger partial charge in [-0.1, -0.05) is 41.9 Å². The van der Waals surface area contributed by atoms with Crippen molar-refractivity contribution >= 4 is 33.2 Å². The summed E-state index contributed by atoms with van der Waals surface area (Å²) in [4.78, 5) is 14.3. The molecule has 0 atom stereocenters. The third-order valence-corrected chi connectivity index (χ3v) is 6.12. The van der Waals surface area contributed by atoms with E-state index in [1.165, 1.54) is 35.2 Å². The number of hydrogen-bond donors (Lipinski definition) is 1. The van der Waals surface area contributed by atoms with Gasteiger partial charge in [0.15, 0.2) is 0 Å². The van der Waals surface area contributed by atoms with Crippen LogP contribution in [0.4, 0.5) is 10.1 Å². The van der Waals surface area contributed by atoms with Gasteiger partial charge in [0, 0.05) is 24.2 Å². The number of halogens is 2. The lowest BCUT2D eigenvalue weighted by atomic mass is 10.1. The minimum absolute atomic E-state index is 0.129. The number of sulfonamides is 1. The van der Waals surface area contributed by atoms with Crippen molar-refractivity contribution < 1.29 is 17.6 Å². The summed E-state index contributed by atoms with van der Waals surface area (Å²) in [7, 11) is -2.45. The summed E-state index contributed by atoms with van der Waals surface area (Å²) in [5.41, 5.74) is 1.56. The molecule has 0 aliphatic heterocycles. The molecule has 0 aromatic heterocycles. The van der Waals surface area contributed by atoms with Crippen molar-refractivity contribution in [2.75, 3.05) is 11.8 Å². The number of hydrogen-bond acceptors (Lipinski definition) is 3. The van der Waals surface area contributed by atoms with Crippen LogP contribution in [0.25, 0.3) is 0 Å². The molecule has 8 heteroatoms. The van der Waals surface area contributed by atoms with Crippen molar-refractivity contribution in [1.29, 1.82) is 0 Å². The van der Waals surface area contributed by atoms with Gasteiger partial charge in [0.25, 0.3) is 15.9 Å². The summed E-state index contributed by atoms with van der Waals surface area (Å²) in [5.74, 6) is -1.03. The second-order valence-electron chi connectivity index (χ2n) is 6.85. The minimum atomic E-state index is -4.08. The maximum Gasteiger partial charge on any atom is 0.262 e. The number of nitrogens with zero attached hydrogens (tertiary/aromatic N) is 1. The normalized spacial score (nSPS) is 11.2. The van der Waals surface area contributed by atoms with Gasteiger partial charge in [-0.05, 0) is 54.4 Å². The lowest BCUT2D eigenvalue weighted by Gasteiger charge is -2.19. The molecule has 1 amide bonds. The van der Waals surface area contributed by atoms with Gasteiger partial charge in [0.05, 0.1) is 10.6 Å². The number of carbonyl (C=O) groups is 1. The Balaban J connectivity index is 1.87. The Morgan fingerprint density at radius 3 is 2.50 bits per heavy atom. The van der Waals surface area contributed by atoms with E-state index in [-0.39, 0.29) is 22.1 Å². The van der Waals surface area contributed by atoms with Crippen LogP contribution in [-0.4, -0.2) is 26.3 Å². The lowest BCUT2D eigenvalue weighted by Crippen LogP contribution is -2.27. The van der Waals surface area contributed by atoms with Gasteiger partial charge in [-0.2, -0.15) is 0 Å². The zero-order valence-corrected chi connectivity index (χ0v) is 18.0. The van der Waals surface area contributed by atoms with Crippen LogP contribution < -0.4 is 4.72 Å². The number of amides is 1. The number of benzene rings is 3. The molecule has 0 saturated carbocycles. The van der Waals surface area contributed by atoms with Gasteiger partial charge in [-0.3, -0.25) is 9.52 Å². The second kappa shape index (κ2) is 8.85. The number of para-hydroxylation sites is 1. The number of rotatable bonds is 6. The van der Waals surface area contributed by atoms with Crippen LogP contribution in [0.15, 0.2) is 71.6 Å². The predicted molar refractivity (Wildman–Crippen MR) is 116 cm³/mol. The monoisotopic (exact) mass is 446 g/mol. The molecule has 0 saturated heterocycles. The molecule has 1 N–H and O–H groups in total. The smallest absolute Gasteiger partial charge is 0.262 e. The third kappa shape index (κ3) is 4.98. The van der Waals surface area contributed by atoms with E-state index in [1.807, 2.05) is 6.07 Å². The van der Waals surface area contributed by atoms with Gasteiger partial charge in [-0.25, -0.2) is 12.8 Å². The summed E-state index contributed by atoms with van der Waals surface area (Å²) >= 11 is 5.99. The number of nitrogens with one attached hydrogen (secondary N) is 1. The highest BCUT2D eigenvalue weighted by Crippen LogP contribution is 2.22. The summed E-state index contributed by atoms with van der Waals surface area (Å²) in [6.07, 6.45) is 0. The third-order valence-electron chi connectivity index (χ3n) is 4.52. The molecule has 0 unspecified atom stereocenters. The first kappa shape index (κ1) is 21.8. The number of anilines is 1. The molecule has 0 radical (unpaired) electrons. The van der Waals surface area contributed by atoms with Crippen molar-refractivity contribution in [2.45, 2.75) is 18.4 Å². The van der Waals surface area contributed by atoms with Gasteiger partial charge in [0.2, 0.25) is 0 Å². The standard InChI is InChI=1S/C22H20ClFN2O3S/c1-15-10-11-18(30(28,29)25-21-9-4-3-8-20(21)24)13-19(15)22(27)26(2)14-16-6-5-7-17(23)12-16/h3-13,25H,14H2,1-2H3. The fraction of sp³-hybridized carbons (Fsp3) is 0.136. The summed E-state index contributed by atoms with van der Waals surface area (Å²) in [6, 6.07) is 16.9. The molecule has 0 heterocycles. The lowest BCUT2D eigenvalue weighted by molar-refractivity contribution is 0.0784. The molecule has 3 aromatic carbocycles. The second-order valence-corrected chi connectivity index (χ2v) is 8.97. The molecular weight excluding hydrogens is 427 g/mol. The fourth-order valence-corrected chi connectivity index (χ4v) is 4.24. The van der Waals surface area contributed by atoms with Crippen LogP contribution in [0.1, 0.15) is 21.5 Å². The van der Waals surface area contributed by atoms with Crippen LogP contribution in [0.3, 0.4) is 0 Å². The van der Waals surface area contributed by atoms with E-state index >= 15 is 0 Å². The molecule has 3 aromatic rings. The van der Waals surface area contributed by atoms with E-state index in [0.29, 0.717) is 17.1 Å². The van der Waals surface area contributed by atoms with Crippen molar-refractivity contribution in [3.63, 3.8) is 0 Å². The van der Waals surface area contributed by atoms with Crippen molar-refractivity contribution in [3.8, 4) is 0 Å². The number of aryl methyl sites for hydroxylation is 1. The zero-order valence-electron chi connectivity index (χ0n) is 16.4. The largest absolute Gasteiger partial charge is 0.337 e. The van der Waals surface area contributed by atoms with Crippen molar-refractivity contribution in [2.24, 2.45) is 0 Å². The summed E-state index contributed by atoms with van der Waals surface area (Å²) in [6.45, 7) is 2.03. The van der Waals surface area contributed by atoms with E-state index in [1.54, 1.807) is 38.2 Å². The van der Waals surface area contributed by atoms with Crippen LogP contribution in [0.2, 0.25) is 5.02 Å². The van der Waals surface area contributed by atoms with Gasteiger partial charge in [-0.15, -0.1) is 0 Å². The molecule has 0 aliphatic carbocycles. The van der Waals surface area contributed by atoms with Gasteiger partial charge in [0.1, 0.15) is 5.82 Å². The quantitative estimate of drug-likeness (QED) is 0.588. The van der Waals surface area contributed by atoms with Crippen LogP contribution in [0.5, 0.6) is 0 Å². The summed E-state index contributed by atoms with van der Waals surface area (Å²) < 4.78 is 41.5. The molecule has 30 heavy (non-hydrogen) atoms. The van der Waals surface area contributed by atoms with E-state index in [9.17, 15) is 17.6 Å². The average Bonchev–Trinajstić information content (AvgIpc) is 2.69. The van der Waals surface area contributed by atoms with Gasteiger partial charge < -0.3 is 4.90 Å². The molecule has 5 nitrogen and oxygen atoms in total. The van der Waals surface area contributed by atoms with Crippen molar-refractivity contribution in [1.82, 2.24) is 4.90 Å². The minimum Gasteiger partial charge on any atom is -0.337 e. The van der Waals surface area contributed by atoms with E-state index < -0.39 is 15.8 Å². The molecule has 0 spiro atoms. The van der Waals surface area contributed by atoms with Crippen LogP contribution >= 0.6 is 11.6 Å². The van der Waals surface area contributed by atoms with Crippen molar-refractivity contribution in [3.05, 3.63) is 94.3 Å². The first-order valence-electron chi connectivity index (χ1n) is 9.05. The van der Waals surface area contributed by atoms with E-state index in [4.69, 9.17) is 11.6 Å². The Labute approximate surface area is 180 Å². The molecule has 3 rings (SSSR count). The first-order valence-corrected chi connectivity index (χ1v) is 10.9. The van der Waals surface area contributed by atoms with Crippen LogP contribution in [-0.2, 0) is 16.6 Å². The number of carbonyl (C=O) groups excluding carboxylic acids is 1. The van der Waals surface area contributed by atoms with E-state index in [0.717, 1.165) is 11.6 Å². The Kier molecular flexibility index (Phi) is 6.43. The molecule has 0 bridgehead atoms. The molecular formula is C22H20ClFN2O3S. The molecule has 0 fully saturated rings. The Hall–Kier alpha value is -2.90. The highest BCUT2D eigenvalue weighted by Gasteiger charge is 2.21. The maximum atomic E-state index is 13.9. The highest BCUT2D eigenvalue weighted by atomic mass is 35.5. The first-order chi connectivity index (χ1) is 14.2. The Morgan fingerprint density at radius 1 is 1.07 bits per heavy atom. The van der Waals surface area contributed by atoms with Crippen LogP contribution in [0, 0.1) is 12.7 Å². The Bertz CT molecular complexity index is 1200. The van der Waals surface area contributed by atoms with E-state index in [2.05, 4.69) is 4.72 Å². The maximum absolute atomic E-state index is 13.9. The molecule has 156 valence electrons. The fourth-order valence-electron chi connectivity index (χ4n) is 2.93. The Morgan fingerprint density at radius 2 is 1.80 bits per heavy atom. The SMILES string of the molecule is Cc1ccc(S(=O)(=O)Nc2ccccc2F)cc1C(=O)N(C)Cc1cccc(Cl)c1. The predicted octanol–water partition coefficient (Wildman–Crippen LogP) is 4.86. The molecule has 0 aliphatic rings. The topological polar surface area (TPSA) is 66.5 Å². The summed E-state index contributed by atoms with van der Waals surface area (Å²) in [5, 5.41) is 0.567. The highest BCUT2D eigenvalue weighted by molar-refractivity contribution is 7.92. The van der Waals surface area contributed by atoms with Gasteiger partial charge >= 0.3 is 0 Å².